The molecule has 3 rings (SSSR count). The van der Waals surface area contributed by atoms with Gasteiger partial charge in [-0.2, -0.15) is 14.9 Å². The highest BCUT2D eigenvalue weighted by Gasteiger charge is 2.06. The molecule has 21 heavy (non-hydrogen) atoms. The molecule has 5 nitrogen and oxygen atoms in total. The summed E-state index contributed by atoms with van der Waals surface area (Å²) in [5.74, 6) is 0.824. The third-order valence-electron chi connectivity index (χ3n) is 3.56. The van der Waals surface area contributed by atoms with E-state index in [1.807, 2.05) is 19.3 Å². The molecule has 0 spiro atoms. The molecule has 0 aliphatic rings. The Morgan fingerprint density at radius 2 is 2.19 bits per heavy atom. The van der Waals surface area contributed by atoms with Crippen molar-refractivity contribution >= 4 is 29.3 Å². The highest BCUT2D eigenvalue weighted by molar-refractivity contribution is 7.71. The van der Waals surface area contributed by atoms with Gasteiger partial charge < -0.3 is 4.98 Å². The lowest BCUT2D eigenvalue weighted by Gasteiger charge is -1.99. The number of nitrogens with zero attached hydrogens (tertiary/aromatic N) is 3. The Hall–Kier alpha value is -2.21. The second-order valence-electron chi connectivity index (χ2n) is 4.79. The number of aromatic nitrogens is 4. The Labute approximate surface area is 127 Å². The zero-order valence-electron chi connectivity index (χ0n) is 12.1. The van der Waals surface area contributed by atoms with E-state index in [1.54, 1.807) is 4.68 Å². The second kappa shape index (κ2) is 5.65. The minimum atomic E-state index is 0.511. The van der Waals surface area contributed by atoms with E-state index in [2.05, 4.69) is 45.4 Å². The van der Waals surface area contributed by atoms with Crippen LogP contribution >= 0.6 is 12.2 Å². The highest BCUT2D eigenvalue weighted by atomic mass is 32.1. The number of aromatic amines is 2. The molecule has 0 aliphatic carbocycles. The van der Waals surface area contributed by atoms with Gasteiger partial charge in [-0.05, 0) is 24.2 Å². The normalized spacial score (nSPS) is 11.7. The van der Waals surface area contributed by atoms with Crippen molar-refractivity contribution in [3.8, 4) is 0 Å². The first-order chi connectivity index (χ1) is 10.2. The second-order valence-corrected chi connectivity index (χ2v) is 5.18. The van der Waals surface area contributed by atoms with Crippen molar-refractivity contribution in [1.82, 2.24) is 19.9 Å². The average Bonchev–Trinajstić information content (AvgIpc) is 3.08. The molecule has 0 radical (unpaired) electrons. The predicted octanol–water partition coefficient (Wildman–Crippen LogP) is 3.43. The molecule has 2 heterocycles. The molecule has 0 saturated carbocycles. The van der Waals surface area contributed by atoms with Gasteiger partial charge in [0.15, 0.2) is 5.82 Å². The van der Waals surface area contributed by atoms with Gasteiger partial charge in [0.1, 0.15) is 0 Å². The summed E-state index contributed by atoms with van der Waals surface area (Å²) in [4.78, 5) is 3.33. The minimum absolute atomic E-state index is 0.511. The number of para-hydroxylation sites is 1. The Balaban J connectivity index is 2.04. The minimum Gasteiger partial charge on any atom is -0.360 e. The standard InChI is InChI=1S/C15H17N5S/c1-3-10-6-5-7-12-11(8-16-14(10)12)9-17-20-13(4-2)18-19-15(20)21/h5-9,16H,3-4H2,1-2H3,(H,19,21). The van der Waals surface area contributed by atoms with Gasteiger partial charge in [-0.25, -0.2) is 0 Å². The monoisotopic (exact) mass is 299 g/mol. The van der Waals surface area contributed by atoms with E-state index in [0.717, 1.165) is 24.2 Å². The van der Waals surface area contributed by atoms with Crippen LogP contribution in [0.15, 0.2) is 29.5 Å². The lowest BCUT2D eigenvalue weighted by Crippen LogP contribution is -1.97. The summed E-state index contributed by atoms with van der Waals surface area (Å²) in [5.41, 5.74) is 3.53. The molecule has 0 unspecified atom stereocenters. The molecular weight excluding hydrogens is 282 g/mol. The Kier molecular flexibility index (Phi) is 3.70. The predicted molar refractivity (Wildman–Crippen MR) is 87.5 cm³/mol. The van der Waals surface area contributed by atoms with Crippen LogP contribution in [-0.4, -0.2) is 26.1 Å². The van der Waals surface area contributed by atoms with Crippen molar-refractivity contribution in [2.24, 2.45) is 5.10 Å². The van der Waals surface area contributed by atoms with Crippen molar-refractivity contribution < 1.29 is 0 Å². The summed E-state index contributed by atoms with van der Waals surface area (Å²) >= 11 is 5.19. The number of benzene rings is 1. The fraction of sp³-hybridized carbons (Fsp3) is 0.267. The first-order valence-electron chi connectivity index (χ1n) is 7.04. The van der Waals surface area contributed by atoms with Crippen molar-refractivity contribution in [3.05, 3.63) is 46.1 Å². The third kappa shape index (κ3) is 2.42. The van der Waals surface area contributed by atoms with E-state index in [4.69, 9.17) is 12.2 Å². The molecule has 1 aromatic carbocycles. The van der Waals surface area contributed by atoms with Crippen molar-refractivity contribution in [3.63, 3.8) is 0 Å². The number of hydrogen-bond acceptors (Lipinski definition) is 3. The van der Waals surface area contributed by atoms with Crippen LogP contribution in [0.4, 0.5) is 0 Å². The summed E-state index contributed by atoms with van der Waals surface area (Å²) in [6.07, 6.45) is 5.57. The maximum Gasteiger partial charge on any atom is 0.216 e. The third-order valence-corrected chi connectivity index (χ3v) is 3.82. The van der Waals surface area contributed by atoms with Crippen LogP contribution in [0.1, 0.15) is 30.8 Å². The Morgan fingerprint density at radius 3 is 2.95 bits per heavy atom. The summed E-state index contributed by atoms with van der Waals surface area (Å²) in [6.45, 7) is 4.18. The number of rotatable bonds is 4. The quantitative estimate of drug-likeness (QED) is 0.572. The highest BCUT2D eigenvalue weighted by Crippen LogP contribution is 2.21. The zero-order valence-corrected chi connectivity index (χ0v) is 12.9. The van der Waals surface area contributed by atoms with Gasteiger partial charge in [0, 0.05) is 29.1 Å². The smallest absolute Gasteiger partial charge is 0.216 e. The molecule has 0 bridgehead atoms. The molecule has 108 valence electrons. The van der Waals surface area contributed by atoms with E-state index >= 15 is 0 Å². The van der Waals surface area contributed by atoms with Crippen molar-refractivity contribution in [1.29, 1.82) is 0 Å². The first-order valence-corrected chi connectivity index (χ1v) is 7.45. The molecular formula is C15H17N5S. The lowest BCUT2D eigenvalue weighted by molar-refractivity contribution is 0.780. The number of aryl methyl sites for hydroxylation is 2. The number of H-pyrrole nitrogens is 2. The maximum atomic E-state index is 5.19. The molecule has 0 fully saturated rings. The van der Waals surface area contributed by atoms with E-state index in [0.29, 0.717) is 4.77 Å². The van der Waals surface area contributed by atoms with Gasteiger partial charge in [-0.1, -0.05) is 32.0 Å². The largest absolute Gasteiger partial charge is 0.360 e. The molecule has 0 saturated heterocycles. The van der Waals surface area contributed by atoms with Crippen LogP contribution in [0, 0.1) is 4.77 Å². The Bertz CT molecular complexity index is 852. The van der Waals surface area contributed by atoms with E-state index < -0.39 is 0 Å². The SMILES string of the molecule is CCc1cccc2c(C=Nn3c(CC)n[nH]c3=S)c[nH]c12. The maximum absolute atomic E-state index is 5.19. The van der Waals surface area contributed by atoms with Gasteiger partial charge >= 0.3 is 0 Å². The molecule has 0 amide bonds. The van der Waals surface area contributed by atoms with E-state index in [1.165, 1.54) is 16.5 Å². The van der Waals surface area contributed by atoms with Crippen LogP contribution < -0.4 is 0 Å². The van der Waals surface area contributed by atoms with Crippen LogP contribution in [0.3, 0.4) is 0 Å². The molecule has 2 N–H and O–H groups in total. The average molecular weight is 299 g/mol. The van der Waals surface area contributed by atoms with E-state index in [9.17, 15) is 0 Å². The fourth-order valence-corrected chi connectivity index (χ4v) is 2.63. The van der Waals surface area contributed by atoms with Gasteiger partial charge in [0.2, 0.25) is 4.77 Å². The first kappa shape index (κ1) is 13.8. The molecule has 6 heteroatoms. The molecule has 3 aromatic rings. The van der Waals surface area contributed by atoms with Gasteiger partial charge in [-0.15, -0.1) is 0 Å². The number of nitrogens with one attached hydrogen (secondary N) is 2. The van der Waals surface area contributed by atoms with Crippen LogP contribution in [0.2, 0.25) is 0 Å². The zero-order chi connectivity index (χ0) is 14.8. The Morgan fingerprint density at radius 1 is 1.33 bits per heavy atom. The van der Waals surface area contributed by atoms with Crippen LogP contribution in [0.25, 0.3) is 10.9 Å². The van der Waals surface area contributed by atoms with Gasteiger partial charge in [0.05, 0.1) is 6.21 Å². The molecule has 0 atom stereocenters. The van der Waals surface area contributed by atoms with Crippen LogP contribution in [0.5, 0.6) is 0 Å². The number of fused-ring (bicyclic) bond motifs is 1. The molecule has 2 aromatic heterocycles. The molecule has 0 aliphatic heterocycles. The summed E-state index contributed by atoms with van der Waals surface area (Å²) in [6, 6.07) is 6.32. The summed E-state index contributed by atoms with van der Waals surface area (Å²) < 4.78 is 2.18. The lowest BCUT2D eigenvalue weighted by atomic mass is 10.1. The number of hydrogen-bond donors (Lipinski definition) is 2. The summed E-state index contributed by atoms with van der Waals surface area (Å²) in [7, 11) is 0. The van der Waals surface area contributed by atoms with Crippen molar-refractivity contribution in [2.45, 2.75) is 26.7 Å². The summed E-state index contributed by atoms with van der Waals surface area (Å²) in [5, 5.41) is 12.5. The topological polar surface area (TPSA) is 61.8 Å². The van der Waals surface area contributed by atoms with Gasteiger partial charge in [0.25, 0.3) is 0 Å². The van der Waals surface area contributed by atoms with Crippen molar-refractivity contribution in [2.75, 3.05) is 0 Å². The fourth-order valence-electron chi connectivity index (χ4n) is 2.43. The van der Waals surface area contributed by atoms with Gasteiger partial charge in [-0.3, -0.25) is 5.10 Å². The van der Waals surface area contributed by atoms with Crippen LogP contribution in [-0.2, 0) is 12.8 Å². The van der Waals surface area contributed by atoms with E-state index in [-0.39, 0.29) is 0 Å².